The molecule has 1 aromatic rings. The Balaban J connectivity index is 2.02. The number of carbonyl (C=O) groups is 1. The van der Waals surface area contributed by atoms with E-state index in [1.807, 2.05) is 6.07 Å². The lowest BCUT2D eigenvalue weighted by Crippen LogP contribution is -2.28. The number of esters is 1. The highest BCUT2D eigenvalue weighted by Crippen LogP contribution is 2.25. The third-order valence-electron chi connectivity index (χ3n) is 4.48. The molecular formula is C17H22N2O4. The second kappa shape index (κ2) is 7.42. The quantitative estimate of drug-likeness (QED) is 0.837. The van der Waals surface area contributed by atoms with Crippen molar-refractivity contribution in [2.24, 2.45) is 0 Å². The molecule has 2 atom stereocenters. The number of nitrogens with one attached hydrogen (secondary N) is 1. The van der Waals surface area contributed by atoms with Crippen LogP contribution in [-0.4, -0.2) is 30.3 Å². The van der Waals surface area contributed by atoms with Crippen LogP contribution in [0.1, 0.15) is 48.1 Å². The van der Waals surface area contributed by atoms with E-state index in [1.165, 1.54) is 0 Å². The molecule has 1 saturated carbocycles. The minimum atomic E-state index is -0.386. The van der Waals surface area contributed by atoms with Crippen LogP contribution in [0.25, 0.3) is 0 Å². The number of carbonyl (C=O) groups excluding carboxylic acids is 1. The van der Waals surface area contributed by atoms with Crippen molar-refractivity contribution in [3.05, 3.63) is 32.7 Å². The van der Waals surface area contributed by atoms with E-state index in [2.05, 4.69) is 4.98 Å². The van der Waals surface area contributed by atoms with Crippen LogP contribution >= 0.6 is 0 Å². The molecule has 0 saturated heterocycles. The van der Waals surface area contributed by atoms with Crippen molar-refractivity contribution >= 4 is 5.97 Å². The monoisotopic (exact) mass is 318 g/mol. The highest BCUT2D eigenvalue weighted by molar-refractivity contribution is 5.70. The lowest BCUT2D eigenvalue weighted by atomic mass is 9.99. The SMILES string of the molecule is CO[C@@H]1CCC[C@H]1OC(=O)CCc1c(C)[nH]c(=O)c(C#N)c1C. The molecule has 0 radical (unpaired) electrons. The van der Waals surface area contributed by atoms with Crippen molar-refractivity contribution in [2.45, 2.75) is 58.2 Å². The second-order valence-electron chi connectivity index (χ2n) is 5.90. The van der Waals surface area contributed by atoms with Crippen LogP contribution in [0.2, 0.25) is 0 Å². The van der Waals surface area contributed by atoms with E-state index in [0.717, 1.165) is 24.8 Å². The Bertz CT molecular complexity index is 687. The van der Waals surface area contributed by atoms with E-state index >= 15 is 0 Å². The Morgan fingerprint density at radius 1 is 1.35 bits per heavy atom. The average molecular weight is 318 g/mol. The lowest BCUT2D eigenvalue weighted by molar-refractivity contribution is -0.154. The van der Waals surface area contributed by atoms with Crippen LogP contribution in [0.3, 0.4) is 0 Å². The lowest BCUT2D eigenvalue weighted by Gasteiger charge is -2.19. The number of nitriles is 1. The topological polar surface area (TPSA) is 92.2 Å². The van der Waals surface area contributed by atoms with Gasteiger partial charge >= 0.3 is 5.97 Å². The van der Waals surface area contributed by atoms with Crippen LogP contribution < -0.4 is 5.56 Å². The molecule has 0 aliphatic heterocycles. The van der Waals surface area contributed by atoms with Crippen molar-refractivity contribution in [3.8, 4) is 6.07 Å². The molecule has 6 nitrogen and oxygen atoms in total. The predicted octanol–water partition coefficient (Wildman–Crippen LogP) is 1.91. The largest absolute Gasteiger partial charge is 0.460 e. The summed E-state index contributed by atoms with van der Waals surface area (Å²) in [6.07, 6.45) is 3.22. The Morgan fingerprint density at radius 2 is 2.04 bits per heavy atom. The number of pyridine rings is 1. The van der Waals surface area contributed by atoms with E-state index in [4.69, 9.17) is 14.7 Å². The Hall–Kier alpha value is -2.13. The van der Waals surface area contributed by atoms with Gasteiger partial charge in [0.1, 0.15) is 17.7 Å². The van der Waals surface area contributed by atoms with E-state index in [1.54, 1.807) is 21.0 Å². The maximum Gasteiger partial charge on any atom is 0.306 e. The Labute approximate surface area is 135 Å². The summed E-state index contributed by atoms with van der Waals surface area (Å²) in [5.74, 6) is -0.276. The van der Waals surface area contributed by atoms with Crippen molar-refractivity contribution < 1.29 is 14.3 Å². The number of H-pyrrole nitrogens is 1. The fraction of sp³-hybridized carbons (Fsp3) is 0.588. The van der Waals surface area contributed by atoms with E-state index in [0.29, 0.717) is 17.7 Å². The number of nitrogens with zero attached hydrogens (tertiary/aromatic N) is 1. The van der Waals surface area contributed by atoms with Gasteiger partial charge in [0.05, 0.1) is 6.10 Å². The summed E-state index contributed by atoms with van der Waals surface area (Å²) in [6.45, 7) is 3.51. The summed E-state index contributed by atoms with van der Waals surface area (Å²) < 4.78 is 10.8. The third-order valence-corrected chi connectivity index (χ3v) is 4.48. The summed E-state index contributed by atoms with van der Waals surface area (Å²) in [5.41, 5.74) is 1.87. The molecule has 0 spiro atoms. The molecule has 1 fully saturated rings. The highest BCUT2D eigenvalue weighted by atomic mass is 16.6. The molecule has 0 bridgehead atoms. The molecular weight excluding hydrogens is 296 g/mol. The standard InChI is InChI=1S/C17H22N2O4/c1-10-12(11(2)19-17(21)13(10)9-18)7-8-16(20)23-15-6-4-5-14(15)22-3/h14-15H,4-8H2,1-3H3,(H,19,21)/t14-,15-/m1/s1. The fourth-order valence-corrected chi connectivity index (χ4v) is 3.17. The average Bonchev–Trinajstić information content (AvgIpc) is 2.94. The molecule has 2 rings (SSSR count). The maximum absolute atomic E-state index is 12.1. The zero-order valence-electron chi connectivity index (χ0n) is 13.8. The van der Waals surface area contributed by atoms with Crippen LogP contribution in [0.4, 0.5) is 0 Å². The summed E-state index contributed by atoms with van der Waals surface area (Å²) in [5, 5.41) is 9.06. The molecule has 1 aliphatic carbocycles. The van der Waals surface area contributed by atoms with E-state index in [-0.39, 0.29) is 35.7 Å². The van der Waals surface area contributed by atoms with Crippen molar-refractivity contribution in [2.75, 3.05) is 7.11 Å². The number of hydrogen-bond donors (Lipinski definition) is 1. The minimum absolute atomic E-state index is 0.0132. The summed E-state index contributed by atoms with van der Waals surface area (Å²) in [7, 11) is 1.63. The van der Waals surface area contributed by atoms with Crippen LogP contribution in [0.15, 0.2) is 4.79 Å². The van der Waals surface area contributed by atoms with Gasteiger partial charge in [0.15, 0.2) is 0 Å². The minimum Gasteiger partial charge on any atom is -0.460 e. The van der Waals surface area contributed by atoms with Gasteiger partial charge in [0, 0.05) is 19.2 Å². The number of ether oxygens (including phenoxy) is 2. The van der Waals surface area contributed by atoms with Crippen molar-refractivity contribution in [1.82, 2.24) is 4.98 Å². The van der Waals surface area contributed by atoms with Crippen LogP contribution in [0, 0.1) is 25.2 Å². The fourth-order valence-electron chi connectivity index (χ4n) is 3.17. The normalized spacial score (nSPS) is 20.3. The maximum atomic E-state index is 12.1. The molecule has 124 valence electrons. The highest BCUT2D eigenvalue weighted by Gasteiger charge is 2.30. The Morgan fingerprint density at radius 3 is 2.70 bits per heavy atom. The first-order chi connectivity index (χ1) is 11.0. The predicted molar refractivity (Wildman–Crippen MR) is 84.1 cm³/mol. The number of aromatic amines is 1. The van der Waals surface area contributed by atoms with Crippen LogP contribution in [-0.2, 0) is 20.7 Å². The summed E-state index contributed by atoms with van der Waals surface area (Å²) in [4.78, 5) is 26.4. The molecule has 0 unspecified atom stereocenters. The van der Waals surface area contributed by atoms with Crippen molar-refractivity contribution in [3.63, 3.8) is 0 Å². The van der Waals surface area contributed by atoms with Gasteiger partial charge in [-0.05, 0) is 50.7 Å². The zero-order chi connectivity index (χ0) is 17.0. The number of aromatic nitrogens is 1. The molecule has 6 heteroatoms. The van der Waals surface area contributed by atoms with E-state index in [9.17, 15) is 9.59 Å². The number of aryl methyl sites for hydroxylation is 1. The number of rotatable bonds is 5. The van der Waals surface area contributed by atoms with Crippen LogP contribution in [0.5, 0.6) is 0 Å². The molecule has 0 amide bonds. The first kappa shape index (κ1) is 17.2. The summed E-state index contributed by atoms with van der Waals surface area (Å²) >= 11 is 0. The van der Waals surface area contributed by atoms with Crippen molar-refractivity contribution in [1.29, 1.82) is 5.26 Å². The zero-order valence-corrected chi connectivity index (χ0v) is 13.8. The van der Waals surface area contributed by atoms with Gasteiger partial charge in [-0.25, -0.2) is 0 Å². The van der Waals surface area contributed by atoms with Gasteiger partial charge in [0.2, 0.25) is 0 Å². The number of hydrogen-bond acceptors (Lipinski definition) is 5. The smallest absolute Gasteiger partial charge is 0.306 e. The molecule has 1 aromatic heterocycles. The molecule has 23 heavy (non-hydrogen) atoms. The second-order valence-corrected chi connectivity index (χ2v) is 5.90. The van der Waals surface area contributed by atoms with Gasteiger partial charge in [-0.2, -0.15) is 5.26 Å². The third kappa shape index (κ3) is 3.80. The molecule has 1 heterocycles. The Kier molecular flexibility index (Phi) is 5.56. The molecule has 0 aromatic carbocycles. The number of methoxy groups -OCH3 is 1. The van der Waals surface area contributed by atoms with Gasteiger partial charge in [-0.3, -0.25) is 9.59 Å². The van der Waals surface area contributed by atoms with Gasteiger partial charge in [-0.15, -0.1) is 0 Å². The van der Waals surface area contributed by atoms with Gasteiger partial charge in [0.25, 0.3) is 5.56 Å². The first-order valence-corrected chi connectivity index (χ1v) is 7.82. The molecule has 1 aliphatic rings. The van der Waals surface area contributed by atoms with E-state index < -0.39 is 0 Å². The van der Waals surface area contributed by atoms with Gasteiger partial charge in [-0.1, -0.05) is 0 Å². The molecule has 1 N–H and O–H groups in total. The summed E-state index contributed by atoms with van der Waals surface area (Å²) in [6, 6.07) is 1.91. The first-order valence-electron chi connectivity index (χ1n) is 7.82. The van der Waals surface area contributed by atoms with Gasteiger partial charge < -0.3 is 14.5 Å².